The molecule has 1 saturated heterocycles. The van der Waals surface area contributed by atoms with Gasteiger partial charge in [-0.2, -0.15) is 0 Å². The Bertz CT molecular complexity index is 829. The quantitative estimate of drug-likeness (QED) is 0.499. The van der Waals surface area contributed by atoms with E-state index < -0.39 is 0 Å². The highest BCUT2D eigenvalue weighted by molar-refractivity contribution is 7.99. The third-order valence-corrected chi connectivity index (χ3v) is 7.10. The van der Waals surface area contributed by atoms with Crippen LogP contribution in [0.3, 0.4) is 0 Å². The van der Waals surface area contributed by atoms with Gasteiger partial charge in [0.25, 0.3) is 0 Å². The number of hydrogen-bond acceptors (Lipinski definition) is 6. The van der Waals surface area contributed by atoms with Gasteiger partial charge in [0.1, 0.15) is 12.1 Å². The lowest BCUT2D eigenvalue weighted by Gasteiger charge is -2.21. The van der Waals surface area contributed by atoms with Crippen LogP contribution in [0.4, 0.5) is 5.69 Å². The Morgan fingerprint density at radius 1 is 1.20 bits per heavy atom. The fraction of sp³-hybridized carbons (Fsp3) is 0.565. The summed E-state index contributed by atoms with van der Waals surface area (Å²) in [5.74, 6) is 2.54. The summed E-state index contributed by atoms with van der Waals surface area (Å²) < 4.78 is 8.53. The number of thioether (sulfide) groups is 1. The second-order valence-electron chi connectivity index (χ2n) is 8.42. The molecule has 30 heavy (non-hydrogen) atoms. The van der Waals surface area contributed by atoms with Crippen molar-refractivity contribution in [3.63, 3.8) is 0 Å². The van der Waals surface area contributed by atoms with Gasteiger partial charge in [-0.05, 0) is 30.5 Å². The van der Waals surface area contributed by atoms with Crippen LogP contribution in [0.1, 0.15) is 55.6 Å². The molecule has 1 saturated carbocycles. The van der Waals surface area contributed by atoms with Crippen molar-refractivity contribution in [1.29, 1.82) is 0 Å². The maximum absolute atomic E-state index is 6.27. The average molecular weight is 428 g/mol. The fourth-order valence-electron chi connectivity index (χ4n) is 4.31. The monoisotopic (exact) mass is 427 g/mol. The van der Waals surface area contributed by atoms with Crippen LogP contribution in [0.2, 0.25) is 0 Å². The Kier molecular flexibility index (Phi) is 7.12. The molecule has 0 amide bonds. The van der Waals surface area contributed by atoms with E-state index in [1.54, 1.807) is 11.8 Å². The van der Waals surface area contributed by atoms with Gasteiger partial charge in [-0.15, -0.1) is 16.8 Å². The molecular formula is C23H33N5OS. The first-order chi connectivity index (χ1) is 14.7. The number of nitrogens with one attached hydrogen (secondary N) is 1. The molecule has 2 atom stereocenters. The van der Waals surface area contributed by atoms with E-state index in [4.69, 9.17) is 4.74 Å². The SMILES string of the molecule is C=CCn1c(SC[C@@H]2CN[C@@H](c3ccc(N(C)C)cc3)O2)nnc1C1CCCCC1. The van der Waals surface area contributed by atoms with Crippen LogP contribution in [0.25, 0.3) is 0 Å². The minimum Gasteiger partial charge on any atom is -0.378 e. The van der Waals surface area contributed by atoms with Crippen LogP contribution < -0.4 is 10.2 Å². The van der Waals surface area contributed by atoms with Crippen LogP contribution in [0, 0.1) is 0 Å². The Hall–Kier alpha value is -1.83. The molecular weight excluding hydrogens is 394 g/mol. The number of ether oxygens (including phenoxy) is 1. The number of allylic oxidation sites excluding steroid dienone is 1. The molecule has 1 aliphatic heterocycles. The number of anilines is 1. The Morgan fingerprint density at radius 2 is 1.97 bits per heavy atom. The van der Waals surface area contributed by atoms with Gasteiger partial charge in [0.2, 0.25) is 0 Å². The van der Waals surface area contributed by atoms with Gasteiger partial charge in [-0.25, -0.2) is 0 Å². The zero-order valence-electron chi connectivity index (χ0n) is 18.1. The third kappa shape index (κ3) is 4.90. The van der Waals surface area contributed by atoms with Gasteiger partial charge in [-0.3, -0.25) is 5.32 Å². The average Bonchev–Trinajstić information content (AvgIpc) is 3.40. The van der Waals surface area contributed by atoms with Crippen molar-refractivity contribution < 1.29 is 4.74 Å². The number of nitrogens with zero attached hydrogens (tertiary/aromatic N) is 4. The molecule has 1 N–H and O–H groups in total. The van der Waals surface area contributed by atoms with Crippen molar-refractivity contribution >= 4 is 17.4 Å². The second kappa shape index (κ2) is 9.98. The van der Waals surface area contributed by atoms with Crippen molar-refractivity contribution in [2.24, 2.45) is 0 Å². The molecule has 6 nitrogen and oxygen atoms in total. The highest BCUT2D eigenvalue weighted by atomic mass is 32.2. The van der Waals surface area contributed by atoms with Crippen LogP contribution >= 0.6 is 11.8 Å². The Labute approximate surface area is 184 Å². The molecule has 2 fully saturated rings. The van der Waals surface area contributed by atoms with Gasteiger partial charge in [0.05, 0.1) is 6.10 Å². The standard InChI is InChI=1S/C23H33N5OS/c1-4-14-28-21(17-8-6-5-7-9-17)25-26-23(28)30-16-20-15-24-22(29-20)18-10-12-19(13-11-18)27(2)3/h4,10-13,17,20,22,24H,1,5-9,14-16H2,2-3H3/t20-,22+/m0/s1. The molecule has 1 aromatic carbocycles. The number of aromatic nitrogens is 3. The second-order valence-corrected chi connectivity index (χ2v) is 9.41. The van der Waals surface area contributed by atoms with Crippen LogP contribution in [-0.4, -0.2) is 47.3 Å². The summed E-state index contributed by atoms with van der Waals surface area (Å²) in [6, 6.07) is 8.54. The highest BCUT2D eigenvalue weighted by Gasteiger charge is 2.28. The van der Waals surface area contributed by atoms with Crippen molar-refractivity contribution in [2.45, 2.75) is 62.1 Å². The van der Waals surface area contributed by atoms with E-state index in [1.165, 1.54) is 43.4 Å². The van der Waals surface area contributed by atoms with Gasteiger partial charge < -0.3 is 14.2 Å². The summed E-state index contributed by atoms with van der Waals surface area (Å²) >= 11 is 1.74. The van der Waals surface area contributed by atoms with E-state index >= 15 is 0 Å². The van der Waals surface area contributed by atoms with E-state index in [-0.39, 0.29) is 12.3 Å². The smallest absolute Gasteiger partial charge is 0.191 e. The third-order valence-electron chi connectivity index (χ3n) is 6.00. The lowest BCUT2D eigenvalue weighted by Crippen LogP contribution is -2.17. The van der Waals surface area contributed by atoms with Crippen molar-refractivity contribution in [3.05, 3.63) is 48.3 Å². The number of hydrogen-bond donors (Lipinski definition) is 1. The molecule has 7 heteroatoms. The number of benzene rings is 1. The first-order valence-electron chi connectivity index (χ1n) is 11.0. The Balaban J connectivity index is 1.35. The molecule has 1 aromatic heterocycles. The zero-order valence-corrected chi connectivity index (χ0v) is 18.9. The molecule has 2 heterocycles. The molecule has 1 aliphatic carbocycles. The lowest BCUT2D eigenvalue weighted by molar-refractivity contribution is 0.0534. The Morgan fingerprint density at radius 3 is 2.67 bits per heavy atom. The van der Waals surface area contributed by atoms with Crippen molar-refractivity contribution in [1.82, 2.24) is 20.1 Å². The maximum Gasteiger partial charge on any atom is 0.191 e. The zero-order chi connectivity index (χ0) is 20.9. The van der Waals surface area contributed by atoms with E-state index in [0.29, 0.717) is 5.92 Å². The molecule has 0 bridgehead atoms. The summed E-state index contributed by atoms with van der Waals surface area (Å²) in [6.07, 6.45) is 8.45. The largest absolute Gasteiger partial charge is 0.378 e. The summed E-state index contributed by atoms with van der Waals surface area (Å²) in [5.41, 5.74) is 2.36. The van der Waals surface area contributed by atoms with Crippen molar-refractivity contribution in [3.8, 4) is 0 Å². The molecule has 162 valence electrons. The molecule has 0 unspecified atom stereocenters. The van der Waals surface area contributed by atoms with Gasteiger partial charge in [-0.1, -0.05) is 49.2 Å². The molecule has 2 aliphatic rings. The lowest BCUT2D eigenvalue weighted by atomic mass is 9.89. The predicted octanol–water partition coefficient (Wildman–Crippen LogP) is 4.36. The first-order valence-corrected chi connectivity index (χ1v) is 12.0. The van der Waals surface area contributed by atoms with Crippen molar-refractivity contribution in [2.75, 3.05) is 31.3 Å². The highest BCUT2D eigenvalue weighted by Crippen LogP contribution is 2.34. The van der Waals surface area contributed by atoms with Gasteiger partial charge in [0.15, 0.2) is 5.16 Å². The summed E-state index contributed by atoms with van der Waals surface area (Å²) in [6.45, 7) is 5.55. The van der Waals surface area contributed by atoms with E-state index in [1.807, 2.05) is 6.08 Å². The number of rotatable bonds is 8. The fourth-order valence-corrected chi connectivity index (χ4v) is 5.26. The minimum atomic E-state index is -0.0457. The minimum absolute atomic E-state index is 0.0457. The topological polar surface area (TPSA) is 55.2 Å². The van der Waals surface area contributed by atoms with Gasteiger partial charge in [0, 0.05) is 44.5 Å². The van der Waals surface area contributed by atoms with Crippen LogP contribution in [-0.2, 0) is 11.3 Å². The maximum atomic E-state index is 6.27. The predicted molar refractivity (Wildman–Crippen MR) is 123 cm³/mol. The van der Waals surface area contributed by atoms with Crippen LogP contribution in [0.15, 0.2) is 42.1 Å². The molecule has 4 rings (SSSR count). The normalized spacial score (nSPS) is 22.3. The molecule has 0 radical (unpaired) electrons. The van der Waals surface area contributed by atoms with Crippen LogP contribution in [0.5, 0.6) is 0 Å². The summed E-state index contributed by atoms with van der Waals surface area (Å²) in [5, 5.41) is 13.6. The summed E-state index contributed by atoms with van der Waals surface area (Å²) in [4.78, 5) is 2.10. The van der Waals surface area contributed by atoms with E-state index in [9.17, 15) is 0 Å². The first kappa shape index (κ1) is 21.4. The van der Waals surface area contributed by atoms with E-state index in [2.05, 4.69) is 69.9 Å². The molecule has 0 spiro atoms. The molecule has 2 aromatic rings. The summed E-state index contributed by atoms with van der Waals surface area (Å²) in [7, 11) is 4.11. The van der Waals surface area contributed by atoms with Gasteiger partial charge >= 0.3 is 0 Å². The van der Waals surface area contributed by atoms with E-state index in [0.717, 1.165) is 29.8 Å².